The van der Waals surface area contributed by atoms with Gasteiger partial charge in [0.2, 0.25) is 5.91 Å². The Hall–Kier alpha value is -1.99. The van der Waals surface area contributed by atoms with Crippen molar-refractivity contribution in [3.63, 3.8) is 0 Å². The lowest BCUT2D eigenvalue weighted by Crippen LogP contribution is -2.58. The molecule has 3 N–H and O–H groups in total. The molecule has 2 heterocycles. The Morgan fingerprint density at radius 1 is 1.48 bits per heavy atom. The predicted molar refractivity (Wildman–Crippen MR) is 86.5 cm³/mol. The van der Waals surface area contributed by atoms with E-state index in [0.717, 1.165) is 13.1 Å². The molecule has 6 nitrogen and oxygen atoms in total. The van der Waals surface area contributed by atoms with E-state index in [0.29, 0.717) is 23.1 Å². The van der Waals surface area contributed by atoms with Crippen molar-refractivity contribution >= 4 is 16.8 Å². The van der Waals surface area contributed by atoms with Crippen molar-refractivity contribution < 1.29 is 9.18 Å². The summed E-state index contributed by atoms with van der Waals surface area (Å²) in [5.74, 6) is -0.424. The van der Waals surface area contributed by atoms with E-state index in [1.165, 1.54) is 6.07 Å². The summed E-state index contributed by atoms with van der Waals surface area (Å²) >= 11 is 0. The van der Waals surface area contributed by atoms with Crippen molar-refractivity contribution in [2.24, 2.45) is 0 Å². The van der Waals surface area contributed by atoms with Gasteiger partial charge in [0.25, 0.3) is 0 Å². The molecule has 1 amide bonds. The summed E-state index contributed by atoms with van der Waals surface area (Å²) in [5.41, 5.74) is 0.311. The van der Waals surface area contributed by atoms with Gasteiger partial charge in [0.15, 0.2) is 5.82 Å². The van der Waals surface area contributed by atoms with E-state index in [1.54, 1.807) is 12.1 Å². The number of aromatic nitrogens is 2. The molecule has 1 aliphatic heterocycles. The fourth-order valence-electron chi connectivity index (χ4n) is 3.03. The van der Waals surface area contributed by atoms with Gasteiger partial charge in [-0.15, -0.1) is 0 Å². The minimum Gasteiger partial charge on any atom is -0.344 e. The van der Waals surface area contributed by atoms with Crippen LogP contribution in [0.4, 0.5) is 4.39 Å². The van der Waals surface area contributed by atoms with E-state index in [2.05, 4.69) is 20.8 Å². The average molecular weight is 319 g/mol. The molecular weight excluding hydrogens is 297 g/mol. The third-order valence-corrected chi connectivity index (χ3v) is 4.41. The van der Waals surface area contributed by atoms with Gasteiger partial charge >= 0.3 is 0 Å². The lowest BCUT2D eigenvalue weighted by molar-refractivity contribution is -0.128. The molecule has 0 spiro atoms. The minimum absolute atomic E-state index is 0.0520. The molecule has 0 unspecified atom stereocenters. The first kappa shape index (κ1) is 15.9. The van der Waals surface area contributed by atoms with Crippen molar-refractivity contribution in [1.82, 2.24) is 25.7 Å². The average Bonchev–Trinajstić information content (AvgIpc) is 2.93. The van der Waals surface area contributed by atoms with Crippen molar-refractivity contribution in [2.45, 2.75) is 25.4 Å². The second-order valence-corrected chi connectivity index (χ2v) is 6.55. The van der Waals surface area contributed by atoms with Gasteiger partial charge in [0.05, 0.1) is 11.2 Å². The molecule has 0 saturated carbocycles. The number of carbonyl (C=O) groups excluding carboxylic acids is 1. The summed E-state index contributed by atoms with van der Waals surface area (Å²) in [6.45, 7) is 6.11. The van der Waals surface area contributed by atoms with Gasteiger partial charge in [-0.2, -0.15) is 5.10 Å². The van der Waals surface area contributed by atoms with E-state index in [1.807, 2.05) is 25.8 Å². The number of nitrogens with one attached hydrogen (secondary N) is 3. The number of likely N-dealkylation sites (N-methyl/N-ethyl adjacent to an activating group) is 1. The first-order valence-corrected chi connectivity index (χ1v) is 7.76. The highest BCUT2D eigenvalue weighted by atomic mass is 19.1. The van der Waals surface area contributed by atoms with E-state index >= 15 is 0 Å². The molecule has 1 atom stereocenters. The molecule has 1 saturated heterocycles. The van der Waals surface area contributed by atoms with Gasteiger partial charge in [-0.25, -0.2) is 4.39 Å². The molecule has 0 aliphatic carbocycles. The van der Waals surface area contributed by atoms with Crippen LogP contribution < -0.4 is 10.6 Å². The highest BCUT2D eigenvalue weighted by Gasteiger charge is 2.33. The Morgan fingerprint density at radius 3 is 3.00 bits per heavy atom. The van der Waals surface area contributed by atoms with Crippen LogP contribution in [0.2, 0.25) is 0 Å². The Labute approximate surface area is 134 Å². The molecule has 0 bridgehead atoms. The standard InChI is InChI=1S/C16H22FN5O/c1-16(2,19-15(23)12-9-18-7-8-22(12)3)14-10-5-4-6-11(17)13(10)20-21-14/h4-6,12,18H,7-9H2,1-3H3,(H,19,23)(H,20,21)/t12-/m0/s1. The molecule has 7 heteroatoms. The summed E-state index contributed by atoms with van der Waals surface area (Å²) in [7, 11) is 1.94. The molecule has 2 aromatic rings. The van der Waals surface area contributed by atoms with Crippen LogP contribution >= 0.6 is 0 Å². The zero-order chi connectivity index (χ0) is 16.6. The maximum absolute atomic E-state index is 13.8. The smallest absolute Gasteiger partial charge is 0.239 e. The second kappa shape index (κ2) is 5.90. The molecule has 23 heavy (non-hydrogen) atoms. The van der Waals surface area contributed by atoms with Crippen LogP contribution in [-0.2, 0) is 10.3 Å². The number of halogens is 1. The Bertz CT molecular complexity index is 726. The van der Waals surface area contributed by atoms with Crippen LogP contribution in [0.1, 0.15) is 19.5 Å². The van der Waals surface area contributed by atoms with Crippen LogP contribution in [0.15, 0.2) is 18.2 Å². The highest BCUT2D eigenvalue weighted by molar-refractivity contribution is 5.86. The van der Waals surface area contributed by atoms with Crippen LogP contribution in [0, 0.1) is 5.82 Å². The minimum atomic E-state index is -0.683. The zero-order valence-corrected chi connectivity index (χ0v) is 13.6. The predicted octanol–water partition coefficient (Wildman–Crippen LogP) is 0.957. The number of aromatic amines is 1. The van der Waals surface area contributed by atoms with Crippen LogP contribution in [-0.4, -0.2) is 53.7 Å². The molecule has 1 fully saturated rings. The van der Waals surface area contributed by atoms with E-state index in [-0.39, 0.29) is 17.8 Å². The monoisotopic (exact) mass is 319 g/mol. The number of hydrogen-bond acceptors (Lipinski definition) is 4. The number of hydrogen-bond donors (Lipinski definition) is 3. The summed E-state index contributed by atoms with van der Waals surface area (Å²) in [6.07, 6.45) is 0. The fraction of sp³-hybridized carbons (Fsp3) is 0.500. The van der Waals surface area contributed by atoms with Gasteiger partial charge in [-0.3, -0.25) is 14.8 Å². The lowest BCUT2D eigenvalue weighted by atomic mass is 9.96. The summed E-state index contributed by atoms with van der Waals surface area (Å²) < 4.78 is 13.8. The maximum Gasteiger partial charge on any atom is 0.239 e. The first-order valence-electron chi connectivity index (χ1n) is 7.76. The number of carbonyl (C=O) groups is 1. The van der Waals surface area contributed by atoms with E-state index in [9.17, 15) is 9.18 Å². The van der Waals surface area contributed by atoms with Crippen LogP contribution in [0.5, 0.6) is 0 Å². The van der Waals surface area contributed by atoms with Crippen LogP contribution in [0.25, 0.3) is 10.9 Å². The number of para-hydroxylation sites is 1. The van der Waals surface area contributed by atoms with Gasteiger partial charge in [0, 0.05) is 25.0 Å². The number of piperazine rings is 1. The third kappa shape index (κ3) is 2.94. The van der Waals surface area contributed by atoms with E-state index < -0.39 is 5.54 Å². The number of rotatable bonds is 3. The number of amides is 1. The lowest BCUT2D eigenvalue weighted by Gasteiger charge is -2.35. The third-order valence-electron chi connectivity index (χ3n) is 4.41. The molecule has 3 rings (SSSR count). The Morgan fingerprint density at radius 2 is 2.26 bits per heavy atom. The normalized spacial score (nSPS) is 19.9. The Balaban J connectivity index is 1.85. The molecule has 1 aromatic heterocycles. The second-order valence-electron chi connectivity index (χ2n) is 6.55. The van der Waals surface area contributed by atoms with Gasteiger partial charge in [-0.05, 0) is 27.0 Å². The molecular formula is C16H22FN5O. The largest absolute Gasteiger partial charge is 0.344 e. The van der Waals surface area contributed by atoms with Gasteiger partial charge in [-0.1, -0.05) is 12.1 Å². The number of nitrogens with zero attached hydrogens (tertiary/aromatic N) is 2. The van der Waals surface area contributed by atoms with Crippen LogP contribution in [0.3, 0.4) is 0 Å². The fourth-order valence-corrected chi connectivity index (χ4v) is 3.03. The number of fused-ring (bicyclic) bond motifs is 1. The van der Waals surface area contributed by atoms with Crippen molar-refractivity contribution in [3.05, 3.63) is 29.7 Å². The Kier molecular flexibility index (Phi) is 4.08. The number of benzene rings is 1. The topological polar surface area (TPSA) is 73.1 Å². The first-order chi connectivity index (χ1) is 10.9. The van der Waals surface area contributed by atoms with Crippen molar-refractivity contribution in [2.75, 3.05) is 26.7 Å². The van der Waals surface area contributed by atoms with Gasteiger partial charge < -0.3 is 10.6 Å². The molecule has 1 aromatic carbocycles. The van der Waals surface area contributed by atoms with Gasteiger partial charge in [0.1, 0.15) is 11.6 Å². The molecule has 1 aliphatic rings. The quantitative estimate of drug-likeness (QED) is 0.788. The van der Waals surface area contributed by atoms with Crippen molar-refractivity contribution in [3.8, 4) is 0 Å². The highest BCUT2D eigenvalue weighted by Crippen LogP contribution is 2.27. The summed E-state index contributed by atoms with van der Waals surface area (Å²) in [4.78, 5) is 14.7. The van der Waals surface area contributed by atoms with Crippen molar-refractivity contribution in [1.29, 1.82) is 0 Å². The SMILES string of the molecule is CN1CCNC[C@H]1C(=O)NC(C)(C)c1[nH]nc2c(F)cccc12. The maximum atomic E-state index is 13.8. The summed E-state index contributed by atoms with van der Waals surface area (Å²) in [5, 5.41) is 13.9. The number of H-pyrrole nitrogens is 1. The van der Waals surface area contributed by atoms with E-state index in [4.69, 9.17) is 0 Å². The zero-order valence-electron chi connectivity index (χ0n) is 13.6. The molecule has 0 radical (unpaired) electrons. The summed E-state index contributed by atoms with van der Waals surface area (Å²) in [6, 6.07) is 4.61. The molecule has 124 valence electrons.